The summed E-state index contributed by atoms with van der Waals surface area (Å²) in [7, 11) is -3.84. The molecule has 2 aromatic carbocycles. The molecule has 0 saturated carbocycles. The van der Waals surface area contributed by atoms with Crippen LogP contribution in [0.4, 0.5) is 5.69 Å². The van der Waals surface area contributed by atoms with Gasteiger partial charge in [0.15, 0.2) is 0 Å². The molecule has 0 bridgehead atoms. The van der Waals surface area contributed by atoms with Gasteiger partial charge in [0.05, 0.1) is 11.9 Å². The fourth-order valence-electron chi connectivity index (χ4n) is 3.63. The molecule has 0 heterocycles. The molecule has 2 rings (SSSR count). The number of amides is 2. The van der Waals surface area contributed by atoms with E-state index in [4.69, 9.17) is 34.8 Å². The van der Waals surface area contributed by atoms with E-state index in [2.05, 4.69) is 5.32 Å². The predicted octanol–water partition coefficient (Wildman–Crippen LogP) is 5.05. The van der Waals surface area contributed by atoms with Crippen LogP contribution in [0.2, 0.25) is 15.1 Å². The lowest BCUT2D eigenvalue weighted by Crippen LogP contribution is -2.53. The van der Waals surface area contributed by atoms with E-state index in [1.54, 1.807) is 50.2 Å². The Hall–Kier alpha value is -2.00. The van der Waals surface area contributed by atoms with Crippen molar-refractivity contribution in [2.75, 3.05) is 17.1 Å². The molecule has 0 aliphatic rings. The molecule has 35 heavy (non-hydrogen) atoms. The molecule has 7 nitrogen and oxygen atoms in total. The zero-order valence-corrected chi connectivity index (χ0v) is 23.4. The summed E-state index contributed by atoms with van der Waals surface area (Å²) in [5.41, 5.74) is 1.50. The van der Waals surface area contributed by atoms with Crippen molar-refractivity contribution in [3.8, 4) is 0 Å². The molecule has 0 aliphatic heterocycles. The van der Waals surface area contributed by atoms with E-state index in [9.17, 15) is 18.0 Å². The van der Waals surface area contributed by atoms with Crippen molar-refractivity contribution in [3.05, 3.63) is 62.6 Å². The Morgan fingerprint density at radius 2 is 1.63 bits per heavy atom. The molecular formula is C24H30Cl3N3O4S. The Kier molecular flexibility index (Phi) is 10.3. The lowest BCUT2D eigenvalue weighted by atomic mass is 10.1. The highest BCUT2D eigenvalue weighted by molar-refractivity contribution is 7.92. The molecule has 1 unspecified atom stereocenters. The minimum Gasteiger partial charge on any atom is -0.352 e. The lowest BCUT2D eigenvalue weighted by Gasteiger charge is -2.33. The Morgan fingerprint density at radius 1 is 1.03 bits per heavy atom. The van der Waals surface area contributed by atoms with Crippen LogP contribution in [0.15, 0.2) is 36.4 Å². The van der Waals surface area contributed by atoms with Gasteiger partial charge < -0.3 is 10.2 Å². The van der Waals surface area contributed by atoms with Gasteiger partial charge in [-0.15, -0.1) is 0 Å². The molecule has 0 aliphatic carbocycles. The quantitative estimate of drug-likeness (QED) is 0.439. The Morgan fingerprint density at radius 3 is 2.14 bits per heavy atom. The number of benzene rings is 2. The molecule has 1 atom stereocenters. The van der Waals surface area contributed by atoms with E-state index >= 15 is 0 Å². The third-order valence-electron chi connectivity index (χ3n) is 5.28. The van der Waals surface area contributed by atoms with Gasteiger partial charge in [-0.1, -0.05) is 47.8 Å². The highest BCUT2D eigenvalue weighted by Crippen LogP contribution is 2.27. The molecule has 2 aromatic rings. The number of carbonyl (C=O) groups excluding carboxylic acids is 2. The number of nitrogens with zero attached hydrogens (tertiary/aromatic N) is 2. The Labute approximate surface area is 222 Å². The van der Waals surface area contributed by atoms with Gasteiger partial charge in [-0.25, -0.2) is 8.42 Å². The lowest BCUT2D eigenvalue weighted by molar-refractivity contribution is -0.140. The third-order valence-corrected chi connectivity index (χ3v) is 7.23. The average Bonchev–Trinajstić information content (AvgIpc) is 2.72. The molecule has 0 fully saturated rings. The van der Waals surface area contributed by atoms with Gasteiger partial charge in [-0.05, 0) is 68.7 Å². The first-order valence-electron chi connectivity index (χ1n) is 11.0. The van der Waals surface area contributed by atoms with E-state index < -0.39 is 28.5 Å². The number of aryl methyl sites for hydroxylation is 1. The van der Waals surface area contributed by atoms with Crippen LogP contribution in [0.3, 0.4) is 0 Å². The highest BCUT2D eigenvalue weighted by Gasteiger charge is 2.32. The normalized spacial score (nSPS) is 12.4. The van der Waals surface area contributed by atoms with Crippen molar-refractivity contribution in [1.29, 1.82) is 0 Å². The van der Waals surface area contributed by atoms with Crippen LogP contribution < -0.4 is 9.62 Å². The molecule has 0 aromatic heterocycles. The SMILES string of the molecule is CCC(C(=O)NC(C)C)N(Cc1ccc(Cl)cc1Cl)C(=O)CN(c1ccc(Cl)cc1C)S(C)(=O)=O. The summed E-state index contributed by atoms with van der Waals surface area (Å²) in [6.45, 7) is 6.63. The molecule has 2 amide bonds. The zero-order valence-electron chi connectivity index (χ0n) is 20.3. The van der Waals surface area contributed by atoms with Gasteiger partial charge >= 0.3 is 0 Å². The smallest absolute Gasteiger partial charge is 0.244 e. The fourth-order valence-corrected chi connectivity index (χ4v) is 5.23. The second-order valence-electron chi connectivity index (χ2n) is 8.55. The standard InChI is InChI=1S/C24H30Cl3N3O4S/c1-6-21(24(32)28-15(2)3)29(13-17-7-8-19(26)12-20(17)27)23(31)14-30(35(5,33)34)22-10-9-18(25)11-16(22)4/h7-12,15,21H,6,13-14H2,1-5H3,(H,28,32). The van der Waals surface area contributed by atoms with Gasteiger partial charge in [-0.3, -0.25) is 13.9 Å². The van der Waals surface area contributed by atoms with Crippen LogP contribution in [-0.4, -0.2) is 50.0 Å². The minimum absolute atomic E-state index is 0.00391. The number of carbonyl (C=O) groups is 2. The fraction of sp³-hybridized carbons (Fsp3) is 0.417. The summed E-state index contributed by atoms with van der Waals surface area (Å²) < 4.78 is 26.4. The van der Waals surface area contributed by atoms with Crippen molar-refractivity contribution in [3.63, 3.8) is 0 Å². The van der Waals surface area contributed by atoms with Gasteiger partial charge in [0.2, 0.25) is 21.8 Å². The van der Waals surface area contributed by atoms with E-state index in [0.717, 1.165) is 10.6 Å². The summed E-state index contributed by atoms with van der Waals surface area (Å²) in [6.07, 6.45) is 1.34. The number of rotatable bonds is 10. The Bertz CT molecular complexity index is 1190. The summed E-state index contributed by atoms with van der Waals surface area (Å²) >= 11 is 18.4. The number of hydrogen-bond acceptors (Lipinski definition) is 4. The minimum atomic E-state index is -3.84. The number of halogens is 3. The summed E-state index contributed by atoms with van der Waals surface area (Å²) in [4.78, 5) is 28.0. The number of sulfonamides is 1. The molecule has 1 N–H and O–H groups in total. The van der Waals surface area contributed by atoms with Crippen molar-refractivity contribution < 1.29 is 18.0 Å². The number of nitrogens with one attached hydrogen (secondary N) is 1. The van der Waals surface area contributed by atoms with Gasteiger partial charge in [0.1, 0.15) is 12.6 Å². The van der Waals surface area contributed by atoms with Gasteiger partial charge in [-0.2, -0.15) is 0 Å². The van der Waals surface area contributed by atoms with E-state index in [-0.39, 0.29) is 18.5 Å². The monoisotopic (exact) mass is 561 g/mol. The summed E-state index contributed by atoms with van der Waals surface area (Å²) in [5, 5.41) is 4.05. The van der Waals surface area contributed by atoms with Crippen molar-refractivity contribution in [2.24, 2.45) is 0 Å². The maximum atomic E-state index is 13.7. The summed E-state index contributed by atoms with van der Waals surface area (Å²) in [6, 6.07) is 8.61. The maximum absolute atomic E-state index is 13.7. The molecular weight excluding hydrogens is 533 g/mol. The van der Waals surface area contributed by atoms with Crippen LogP contribution in [0.5, 0.6) is 0 Å². The van der Waals surface area contributed by atoms with Crippen molar-refractivity contribution >= 4 is 62.3 Å². The molecule has 0 saturated heterocycles. The van der Waals surface area contributed by atoms with Gasteiger partial charge in [0.25, 0.3) is 0 Å². The molecule has 192 valence electrons. The molecule has 11 heteroatoms. The largest absolute Gasteiger partial charge is 0.352 e. The molecule has 0 radical (unpaired) electrons. The number of hydrogen-bond donors (Lipinski definition) is 1. The second kappa shape index (κ2) is 12.3. The predicted molar refractivity (Wildman–Crippen MR) is 143 cm³/mol. The van der Waals surface area contributed by atoms with Crippen LogP contribution >= 0.6 is 34.8 Å². The van der Waals surface area contributed by atoms with Crippen LogP contribution in [0.1, 0.15) is 38.3 Å². The zero-order chi connectivity index (χ0) is 26.5. The Balaban J connectivity index is 2.51. The number of anilines is 1. The highest BCUT2D eigenvalue weighted by atomic mass is 35.5. The topological polar surface area (TPSA) is 86.8 Å². The third kappa shape index (κ3) is 8.00. The summed E-state index contributed by atoms with van der Waals surface area (Å²) in [5.74, 6) is -0.893. The van der Waals surface area contributed by atoms with Crippen LogP contribution in [0, 0.1) is 6.92 Å². The van der Waals surface area contributed by atoms with Crippen molar-refractivity contribution in [1.82, 2.24) is 10.2 Å². The van der Waals surface area contributed by atoms with E-state index in [1.807, 2.05) is 13.8 Å². The first-order valence-corrected chi connectivity index (χ1v) is 14.0. The molecule has 0 spiro atoms. The van der Waals surface area contributed by atoms with Gasteiger partial charge in [0, 0.05) is 27.7 Å². The first-order chi connectivity index (χ1) is 16.2. The second-order valence-corrected chi connectivity index (χ2v) is 11.7. The first kappa shape index (κ1) is 29.2. The maximum Gasteiger partial charge on any atom is 0.244 e. The van der Waals surface area contributed by atoms with E-state index in [1.165, 1.54) is 4.90 Å². The average molecular weight is 563 g/mol. The van der Waals surface area contributed by atoms with Crippen molar-refractivity contribution in [2.45, 2.75) is 52.7 Å². The van der Waals surface area contributed by atoms with Crippen LogP contribution in [-0.2, 0) is 26.2 Å². The van der Waals surface area contributed by atoms with E-state index in [0.29, 0.717) is 38.3 Å². The van der Waals surface area contributed by atoms with Crippen LogP contribution in [0.25, 0.3) is 0 Å².